The molecule has 4 heterocycles. The molecule has 0 atom stereocenters. The molecule has 4 nitrogen and oxygen atoms in total. The number of nitrogens with zero attached hydrogens (tertiary/aromatic N) is 3. The molecule has 4 aromatic rings. The van der Waals surface area contributed by atoms with E-state index in [0.717, 1.165) is 5.65 Å². The molecule has 0 spiro atoms. The largest absolute Gasteiger partial charge is 0.358 e. The maximum Gasteiger partial charge on any atom is 0.171 e. The van der Waals surface area contributed by atoms with Crippen LogP contribution in [0, 0.1) is 11.6 Å². The van der Waals surface area contributed by atoms with Crippen LogP contribution in [0.1, 0.15) is 41.5 Å². The van der Waals surface area contributed by atoms with E-state index in [1.54, 1.807) is 18.5 Å². The number of aromatic nitrogens is 4. The van der Waals surface area contributed by atoms with E-state index in [1.165, 1.54) is 6.20 Å². The second-order valence-electron chi connectivity index (χ2n) is 8.85. The molecule has 172 valence electrons. The maximum absolute atomic E-state index is 14.3. The first kappa shape index (κ1) is 25.0. The summed E-state index contributed by atoms with van der Waals surface area (Å²) in [6.45, 7) is 13.8. The maximum atomic E-state index is 14.3. The second kappa shape index (κ2) is 9.73. The molecule has 1 N–H and O–H groups in total. The molecule has 0 amide bonds. The lowest BCUT2D eigenvalue weighted by molar-refractivity contribution is 0.631. The molecular weight excluding hydrogens is 558 g/mol. The lowest BCUT2D eigenvalue weighted by Gasteiger charge is -2.44. The SMILES string of the molecule is CC(C)[Si](C(C)C)(C(C)C)n1ccc2c(F)c(Br)cnc21.Fc1c(Br)cnc2[nH]ccc12. The number of rotatable bonds is 4. The summed E-state index contributed by atoms with van der Waals surface area (Å²) in [6, 6.07) is 3.53. The quantitative estimate of drug-likeness (QED) is 0.244. The van der Waals surface area contributed by atoms with E-state index in [4.69, 9.17) is 0 Å². The average Bonchev–Trinajstić information content (AvgIpc) is 3.36. The fourth-order valence-electron chi connectivity index (χ4n) is 5.13. The monoisotopic (exact) mass is 584 g/mol. The minimum atomic E-state index is -1.88. The Bertz CT molecular complexity index is 1210. The zero-order chi connectivity index (χ0) is 23.8. The number of halogens is 4. The van der Waals surface area contributed by atoms with Crippen LogP contribution in [0.3, 0.4) is 0 Å². The molecule has 0 aliphatic rings. The number of hydrogen-bond donors (Lipinski definition) is 1. The minimum Gasteiger partial charge on any atom is -0.358 e. The second-order valence-corrected chi connectivity index (χ2v) is 16.3. The Hall–Kier alpha value is -1.58. The average molecular weight is 586 g/mol. The van der Waals surface area contributed by atoms with Crippen molar-refractivity contribution < 1.29 is 8.78 Å². The van der Waals surface area contributed by atoms with E-state index >= 15 is 0 Å². The van der Waals surface area contributed by atoms with Crippen LogP contribution in [0.4, 0.5) is 8.78 Å². The molecule has 0 fully saturated rings. The fourth-order valence-corrected chi connectivity index (χ4v) is 12.3. The Morgan fingerprint density at radius 2 is 1.38 bits per heavy atom. The number of hydrogen-bond acceptors (Lipinski definition) is 2. The Morgan fingerprint density at radius 3 is 1.94 bits per heavy atom. The lowest BCUT2D eigenvalue weighted by Crippen LogP contribution is -2.51. The lowest BCUT2D eigenvalue weighted by atomic mass is 10.3. The van der Waals surface area contributed by atoms with Crippen molar-refractivity contribution in [1.82, 2.24) is 19.2 Å². The van der Waals surface area contributed by atoms with Gasteiger partial charge in [-0.1, -0.05) is 41.5 Å². The number of nitrogens with one attached hydrogen (secondary N) is 1. The van der Waals surface area contributed by atoms with Crippen LogP contribution in [-0.4, -0.2) is 27.4 Å². The minimum absolute atomic E-state index is 0.210. The molecular formula is C23H28Br2F2N4Si. The van der Waals surface area contributed by atoms with Crippen molar-refractivity contribution in [2.24, 2.45) is 0 Å². The normalized spacial score (nSPS) is 12.3. The van der Waals surface area contributed by atoms with Crippen LogP contribution in [0.2, 0.25) is 16.6 Å². The Balaban J connectivity index is 0.000000219. The highest BCUT2D eigenvalue weighted by Crippen LogP contribution is 2.44. The number of H-pyrrole nitrogens is 1. The van der Waals surface area contributed by atoms with Crippen molar-refractivity contribution >= 4 is 62.2 Å². The van der Waals surface area contributed by atoms with E-state index in [0.29, 0.717) is 42.0 Å². The van der Waals surface area contributed by atoms with Crippen LogP contribution in [0.15, 0.2) is 45.9 Å². The Morgan fingerprint density at radius 1 is 0.844 bits per heavy atom. The molecule has 0 aliphatic heterocycles. The van der Waals surface area contributed by atoms with E-state index in [1.807, 2.05) is 6.07 Å². The zero-order valence-electron chi connectivity index (χ0n) is 19.0. The topological polar surface area (TPSA) is 46.5 Å². The van der Waals surface area contributed by atoms with Gasteiger partial charge in [0.05, 0.1) is 19.7 Å². The van der Waals surface area contributed by atoms with E-state index in [9.17, 15) is 8.78 Å². The summed E-state index contributed by atoms with van der Waals surface area (Å²) in [5.74, 6) is -0.478. The van der Waals surface area contributed by atoms with Gasteiger partial charge in [0.25, 0.3) is 0 Å². The van der Waals surface area contributed by atoms with Crippen LogP contribution in [0.5, 0.6) is 0 Å². The molecule has 0 radical (unpaired) electrons. The third-order valence-electron chi connectivity index (χ3n) is 6.28. The van der Waals surface area contributed by atoms with Crippen LogP contribution in [0.25, 0.3) is 22.1 Å². The first-order chi connectivity index (χ1) is 15.0. The van der Waals surface area contributed by atoms with Gasteiger partial charge in [-0.2, -0.15) is 0 Å². The van der Waals surface area contributed by atoms with Gasteiger partial charge in [0, 0.05) is 18.6 Å². The molecule has 0 aromatic carbocycles. The predicted octanol–water partition coefficient (Wildman–Crippen LogP) is 8.43. The molecule has 4 rings (SSSR count). The molecule has 0 bridgehead atoms. The van der Waals surface area contributed by atoms with Crippen molar-refractivity contribution in [2.45, 2.75) is 58.2 Å². The standard InChI is InChI=1S/C16H24BrFN2Si.C7H4BrFN2/c1-10(2)21(11(3)4,12(5)6)20-8-7-13-15(18)14(17)9-19-16(13)20;8-5-3-11-7-4(6(5)9)1-2-10-7/h7-12H,1-6H3;1-3H,(H,10,11). The van der Waals surface area contributed by atoms with Gasteiger partial charge in [-0.15, -0.1) is 0 Å². The van der Waals surface area contributed by atoms with E-state index in [2.05, 4.69) is 98.8 Å². The van der Waals surface area contributed by atoms with Gasteiger partial charge >= 0.3 is 0 Å². The van der Waals surface area contributed by atoms with Crippen LogP contribution < -0.4 is 0 Å². The summed E-state index contributed by atoms with van der Waals surface area (Å²) in [5, 5.41) is 1.13. The highest BCUT2D eigenvalue weighted by Gasteiger charge is 2.46. The van der Waals surface area contributed by atoms with Gasteiger partial charge in [-0.25, -0.2) is 18.7 Å². The zero-order valence-corrected chi connectivity index (χ0v) is 23.2. The Kier molecular flexibility index (Phi) is 7.61. The number of fused-ring (bicyclic) bond motifs is 2. The van der Waals surface area contributed by atoms with E-state index < -0.39 is 8.24 Å². The number of pyridine rings is 2. The first-order valence-electron chi connectivity index (χ1n) is 10.6. The number of aromatic amines is 1. The third kappa shape index (κ3) is 4.19. The van der Waals surface area contributed by atoms with Crippen LogP contribution >= 0.6 is 31.9 Å². The van der Waals surface area contributed by atoms with Gasteiger partial charge in [0.15, 0.2) is 8.24 Å². The molecule has 0 unspecified atom stereocenters. The third-order valence-corrected chi connectivity index (χ3v) is 14.1. The molecule has 0 aliphatic carbocycles. The first-order valence-corrected chi connectivity index (χ1v) is 14.4. The summed E-state index contributed by atoms with van der Waals surface area (Å²) in [6.07, 6.45) is 6.73. The van der Waals surface area contributed by atoms with Crippen molar-refractivity contribution in [3.05, 3.63) is 57.5 Å². The molecule has 32 heavy (non-hydrogen) atoms. The van der Waals surface area contributed by atoms with Crippen molar-refractivity contribution in [1.29, 1.82) is 0 Å². The fraction of sp³-hybridized carbons (Fsp3) is 0.391. The summed E-state index contributed by atoms with van der Waals surface area (Å²) in [5.41, 5.74) is 3.04. The molecule has 9 heteroatoms. The van der Waals surface area contributed by atoms with Crippen LogP contribution in [-0.2, 0) is 0 Å². The van der Waals surface area contributed by atoms with Gasteiger partial charge in [0.2, 0.25) is 0 Å². The highest BCUT2D eigenvalue weighted by atomic mass is 79.9. The smallest absolute Gasteiger partial charge is 0.171 e. The summed E-state index contributed by atoms with van der Waals surface area (Å²) >= 11 is 6.28. The predicted molar refractivity (Wildman–Crippen MR) is 138 cm³/mol. The molecule has 4 aromatic heterocycles. The van der Waals surface area contributed by atoms with Gasteiger partial charge in [-0.3, -0.25) is 0 Å². The van der Waals surface area contributed by atoms with E-state index in [-0.39, 0.29) is 11.6 Å². The van der Waals surface area contributed by atoms with Gasteiger partial charge in [-0.05, 0) is 66.8 Å². The summed E-state index contributed by atoms with van der Waals surface area (Å²) in [7, 11) is -1.88. The van der Waals surface area contributed by atoms with Crippen molar-refractivity contribution in [3.63, 3.8) is 0 Å². The highest BCUT2D eigenvalue weighted by molar-refractivity contribution is 9.10. The van der Waals surface area contributed by atoms with Crippen molar-refractivity contribution in [3.8, 4) is 0 Å². The summed E-state index contributed by atoms with van der Waals surface area (Å²) < 4.78 is 30.6. The molecule has 0 saturated heterocycles. The summed E-state index contributed by atoms with van der Waals surface area (Å²) in [4.78, 5) is 11.3. The van der Waals surface area contributed by atoms with Crippen molar-refractivity contribution in [2.75, 3.05) is 0 Å². The Labute approximate surface area is 205 Å². The van der Waals surface area contributed by atoms with Gasteiger partial charge in [0.1, 0.15) is 22.9 Å². The molecule has 0 saturated carbocycles. The van der Waals surface area contributed by atoms with Gasteiger partial charge < -0.3 is 9.22 Å².